The number of rotatable bonds is 8. The first-order chi connectivity index (χ1) is 19.0. The summed E-state index contributed by atoms with van der Waals surface area (Å²) in [6, 6.07) is 33.0. The predicted molar refractivity (Wildman–Crippen MR) is 152 cm³/mol. The number of para-hydroxylation sites is 1. The van der Waals surface area contributed by atoms with Gasteiger partial charge in [0.15, 0.2) is 0 Å². The Morgan fingerprint density at radius 1 is 0.821 bits per heavy atom. The number of anilines is 2. The average Bonchev–Trinajstić information content (AvgIpc) is 3.31. The van der Waals surface area contributed by atoms with Gasteiger partial charge in [0, 0.05) is 16.9 Å². The van der Waals surface area contributed by atoms with E-state index in [0.717, 1.165) is 16.8 Å². The number of ether oxygens (including phenoxy) is 1. The Kier molecular flexibility index (Phi) is 7.59. The zero-order chi connectivity index (χ0) is 27.2. The van der Waals surface area contributed by atoms with E-state index in [2.05, 4.69) is 5.32 Å². The molecule has 0 bridgehead atoms. The monoisotopic (exact) mass is 517 g/mol. The predicted octanol–water partition coefficient (Wildman–Crippen LogP) is 5.75. The summed E-state index contributed by atoms with van der Waals surface area (Å²) in [7, 11) is 0. The molecule has 0 saturated carbocycles. The minimum absolute atomic E-state index is 0.135. The molecule has 0 aliphatic carbocycles. The van der Waals surface area contributed by atoms with Gasteiger partial charge >= 0.3 is 5.97 Å². The van der Waals surface area contributed by atoms with Crippen LogP contribution in [0.4, 0.5) is 17.1 Å². The average molecular weight is 518 g/mol. The number of amides is 2. The fourth-order valence-corrected chi connectivity index (χ4v) is 4.58. The Labute approximate surface area is 226 Å². The molecule has 5 rings (SSSR count). The normalized spacial score (nSPS) is 14.3. The van der Waals surface area contributed by atoms with E-state index in [9.17, 15) is 14.4 Å². The van der Waals surface area contributed by atoms with Crippen LogP contribution in [-0.2, 0) is 14.3 Å². The lowest BCUT2D eigenvalue weighted by Crippen LogP contribution is -2.36. The number of carbonyl (C=O) groups excluding carboxylic acids is 3. The number of nitrogens with one attached hydrogen (secondary N) is 1. The summed E-state index contributed by atoms with van der Waals surface area (Å²) < 4.78 is 5.11. The summed E-state index contributed by atoms with van der Waals surface area (Å²) in [6.45, 7) is 1.72. The lowest BCUT2D eigenvalue weighted by atomic mass is 9.90. The van der Waals surface area contributed by atoms with Gasteiger partial charge in [-0.1, -0.05) is 66.7 Å². The number of nitrogens with zero attached hydrogens (tertiary/aromatic N) is 2. The molecular formula is C32H27N3O4. The first-order valence-electron chi connectivity index (χ1n) is 12.7. The van der Waals surface area contributed by atoms with Crippen molar-refractivity contribution < 1.29 is 19.1 Å². The Morgan fingerprint density at radius 3 is 2.10 bits per heavy atom. The fourth-order valence-electron chi connectivity index (χ4n) is 4.58. The van der Waals surface area contributed by atoms with Crippen LogP contribution in [0.5, 0.6) is 0 Å². The molecule has 1 aliphatic heterocycles. The van der Waals surface area contributed by atoms with Crippen molar-refractivity contribution in [1.29, 1.82) is 0 Å². The van der Waals surface area contributed by atoms with Crippen molar-refractivity contribution in [2.24, 2.45) is 4.99 Å². The summed E-state index contributed by atoms with van der Waals surface area (Å²) in [5.41, 5.74) is 4.70. The highest BCUT2D eigenvalue weighted by Gasteiger charge is 2.35. The SMILES string of the molecule is CCOC(=O)CN(C(=O)c1ccccc1)c1ccc(N=C(c2ccccc2)C2C(=O)Nc3ccccc32)cc1. The molecule has 194 valence electrons. The van der Waals surface area contributed by atoms with Gasteiger partial charge in [-0.05, 0) is 60.5 Å². The minimum atomic E-state index is -0.566. The summed E-state index contributed by atoms with van der Waals surface area (Å²) in [5, 5.41) is 2.96. The Morgan fingerprint density at radius 2 is 1.44 bits per heavy atom. The molecule has 1 unspecified atom stereocenters. The van der Waals surface area contributed by atoms with Gasteiger partial charge in [-0.25, -0.2) is 0 Å². The van der Waals surface area contributed by atoms with Gasteiger partial charge < -0.3 is 10.1 Å². The summed E-state index contributed by atoms with van der Waals surface area (Å²) >= 11 is 0. The molecule has 1 heterocycles. The fraction of sp³-hybridized carbons (Fsp3) is 0.125. The minimum Gasteiger partial charge on any atom is -0.465 e. The molecule has 1 atom stereocenters. The van der Waals surface area contributed by atoms with Crippen LogP contribution in [-0.4, -0.2) is 36.6 Å². The molecule has 4 aromatic carbocycles. The van der Waals surface area contributed by atoms with Gasteiger partial charge in [0.05, 0.1) is 18.0 Å². The highest BCUT2D eigenvalue weighted by atomic mass is 16.5. The van der Waals surface area contributed by atoms with E-state index in [0.29, 0.717) is 22.6 Å². The van der Waals surface area contributed by atoms with Gasteiger partial charge in [0.2, 0.25) is 5.91 Å². The van der Waals surface area contributed by atoms with Crippen molar-refractivity contribution in [2.45, 2.75) is 12.8 Å². The van der Waals surface area contributed by atoms with Crippen molar-refractivity contribution in [3.63, 3.8) is 0 Å². The van der Waals surface area contributed by atoms with E-state index in [1.165, 1.54) is 4.90 Å². The number of carbonyl (C=O) groups is 3. The maximum absolute atomic E-state index is 13.3. The van der Waals surface area contributed by atoms with Crippen LogP contribution in [0, 0.1) is 0 Å². The summed E-state index contributed by atoms with van der Waals surface area (Å²) in [5.74, 6) is -1.52. The second-order valence-electron chi connectivity index (χ2n) is 8.95. The van der Waals surface area contributed by atoms with Crippen molar-refractivity contribution >= 4 is 40.6 Å². The van der Waals surface area contributed by atoms with Crippen molar-refractivity contribution in [2.75, 3.05) is 23.4 Å². The second-order valence-corrected chi connectivity index (χ2v) is 8.95. The molecule has 1 N–H and O–H groups in total. The van der Waals surface area contributed by atoms with Crippen molar-refractivity contribution in [1.82, 2.24) is 0 Å². The van der Waals surface area contributed by atoms with Crippen LogP contribution in [0.3, 0.4) is 0 Å². The highest BCUT2D eigenvalue weighted by molar-refractivity contribution is 6.24. The molecule has 2 amide bonds. The third-order valence-corrected chi connectivity index (χ3v) is 6.40. The van der Waals surface area contributed by atoms with E-state index in [4.69, 9.17) is 9.73 Å². The second kappa shape index (κ2) is 11.6. The smallest absolute Gasteiger partial charge is 0.326 e. The van der Waals surface area contributed by atoms with Gasteiger partial charge in [0.25, 0.3) is 5.91 Å². The quantitative estimate of drug-likeness (QED) is 0.238. The number of fused-ring (bicyclic) bond motifs is 1. The largest absolute Gasteiger partial charge is 0.465 e. The Balaban J connectivity index is 1.51. The molecule has 1 aliphatic rings. The van der Waals surface area contributed by atoms with Crippen LogP contribution in [0.2, 0.25) is 0 Å². The number of esters is 1. The molecule has 7 nitrogen and oxygen atoms in total. The Bertz CT molecular complexity index is 1520. The third kappa shape index (κ3) is 5.62. The van der Waals surface area contributed by atoms with Crippen molar-refractivity contribution in [3.8, 4) is 0 Å². The molecule has 0 fully saturated rings. The van der Waals surface area contributed by atoms with Crippen LogP contribution in [0.15, 0.2) is 114 Å². The van der Waals surface area contributed by atoms with E-state index in [-0.39, 0.29) is 25.0 Å². The van der Waals surface area contributed by atoms with Gasteiger partial charge in [-0.15, -0.1) is 0 Å². The molecule has 0 saturated heterocycles. The maximum atomic E-state index is 13.3. The van der Waals surface area contributed by atoms with E-state index in [1.807, 2.05) is 60.7 Å². The zero-order valence-corrected chi connectivity index (χ0v) is 21.4. The maximum Gasteiger partial charge on any atom is 0.326 e. The van der Waals surface area contributed by atoms with Gasteiger partial charge in [-0.2, -0.15) is 0 Å². The summed E-state index contributed by atoms with van der Waals surface area (Å²) in [4.78, 5) is 45.0. The lowest BCUT2D eigenvalue weighted by molar-refractivity contribution is -0.141. The van der Waals surface area contributed by atoms with Crippen LogP contribution in [0.25, 0.3) is 0 Å². The number of aliphatic imine (C=N–C) groups is 1. The van der Waals surface area contributed by atoms with Crippen molar-refractivity contribution in [3.05, 3.63) is 126 Å². The molecule has 0 aromatic heterocycles. The first-order valence-corrected chi connectivity index (χ1v) is 12.7. The lowest BCUT2D eigenvalue weighted by Gasteiger charge is -2.22. The van der Waals surface area contributed by atoms with Crippen LogP contribution < -0.4 is 10.2 Å². The van der Waals surface area contributed by atoms with E-state index < -0.39 is 11.9 Å². The number of hydrogen-bond donors (Lipinski definition) is 1. The molecule has 4 aromatic rings. The number of hydrogen-bond acceptors (Lipinski definition) is 5. The van der Waals surface area contributed by atoms with E-state index >= 15 is 0 Å². The topological polar surface area (TPSA) is 88.1 Å². The number of benzene rings is 4. The molecular weight excluding hydrogens is 490 g/mol. The Hall–Kier alpha value is -5.04. The highest BCUT2D eigenvalue weighted by Crippen LogP contribution is 2.36. The zero-order valence-electron chi connectivity index (χ0n) is 21.4. The van der Waals surface area contributed by atoms with Crippen LogP contribution >= 0.6 is 0 Å². The standard InChI is InChI=1S/C32H27N3O4/c1-2-39-28(36)21-35(32(38)23-13-7-4-8-14-23)25-19-17-24(18-20-25)33-30(22-11-5-3-6-12-22)29-26-15-9-10-16-27(26)34-31(29)37/h3-20,29H,2,21H2,1H3,(H,34,37). The third-order valence-electron chi connectivity index (χ3n) is 6.40. The van der Waals surface area contributed by atoms with Gasteiger partial charge in [0.1, 0.15) is 12.5 Å². The van der Waals surface area contributed by atoms with Crippen LogP contribution in [0.1, 0.15) is 34.3 Å². The molecule has 0 spiro atoms. The molecule has 7 heteroatoms. The van der Waals surface area contributed by atoms with E-state index in [1.54, 1.807) is 55.5 Å². The molecule has 39 heavy (non-hydrogen) atoms. The van der Waals surface area contributed by atoms with Gasteiger partial charge in [-0.3, -0.25) is 24.3 Å². The summed E-state index contributed by atoms with van der Waals surface area (Å²) in [6.07, 6.45) is 0. The molecule has 0 radical (unpaired) electrons. The first kappa shape index (κ1) is 25.6.